The summed E-state index contributed by atoms with van der Waals surface area (Å²) in [6, 6.07) is 0. The summed E-state index contributed by atoms with van der Waals surface area (Å²) in [6.07, 6.45) is 5.28. The fourth-order valence-corrected chi connectivity index (χ4v) is 7.80. The zero-order valence-corrected chi connectivity index (χ0v) is 17.8. The van der Waals surface area contributed by atoms with Gasteiger partial charge in [0.2, 0.25) is 5.78 Å². The van der Waals surface area contributed by atoms with Gasteiger partial charge in [-0.05, 0) is 68.1 Å². The standard InChI is InChI=1S/C23H34O6/c1-13(24)29-12-19(27)23(28)9-7-17-16-5-4-14-10-15(25)6-8-21(14,2)20(16)18(26)11-22(17,23)3/h14-17,20,25,28H,4-12H2,1-3H3/t14-,15+,16-,17-,20+,21-,22-,23+/m0/s1. The lowest BCUT2D eigenvalue weighted by atomic mass is 9.44. The number of Topliss-reactive ketones (excluding diaryl/α,β-unsaturated/α-hetero) is 2. The van der Waals surface area contributed by atoms with Crippen molar-refractivity contribution in [1.29, 1.82) is 0 Å². The summed E-state index contributed by atoms with van der Waals surface area (Å²) in [6.45, 7) is 4.93. The van der Waals surface area contributed by atoms with Crippen molar-refractivity contribution in [3.63, 3.8) is 0 Å². The van der Waals surface area contributed by atoms with Crippen molar-refractivity contribution in [2.24, 2.45) is 34.5 Å². The minimum Gasteiger partial charge on any atom is -0.458 e. The highest BCUT2D eigenvalue weighted by Gasteiger charge is 2.69. The number of carbonyl (C=O) groups excluding carboxylic acids is 3. The Morgan fingerprint density at radius 3 is 2.55 bits per heavy atom. The van der Waals surface area contributed by atoms with Crippen LogP contribution in [0.5, 0.6) is 0 Å². The molecule has 6 nitrogen and oxygen atoms in total. The first-order chi connectivity index (χ1) is 13.5. The van der Waals surface area contributed by atoms with E-state index in [2.05, 4.69) is 6.92 Å². The molecule has 2 N–H and O–H groups in total. The van der Waals surface area contributed by atoms with Crippen LogP contribution in [0.4, 0.5) is 0 Å². The molecule has 0 heterocycles. The van der Waals surface area contributed by atoms with E-state index in [1.165, 1.54) is 6.92 Å². The third-order valence-electron chi connectivity index (χ3n) is 9.35. The molecule has 6 heteroatoms. The predicted molar refractivity (Wildman–Crippen MR) is 105 cm³/mol. The van der Waals surface area contributed by atoms with Crippen molar-refractivity contribution in [3.05, 3.63) is 0 Å². The molecule has 0 unspecified atom stereocenters. The smallest absolute Gasteiger partial charge is 0.303 e. The maximum absolute atomic E-state index is 13.5. The molecule has 0 aromatic carbocycles. The van der Waals surface area contributed by atoms with E-state index in [4.69, 9.17) is 4.74 Å². The number of hydrogen-bond acceptors (Lipinski definition) is 6. The van der Waals surface area contributed by atoms with Crippen LogP contribution in [0.2, 0.25) is 0 Å². The molecule has 4 aliphatic rings. The summed E-state index contributed by atoms with van der Waals surface area (Å²) in [5, 5.41) is 21.6. The summed E-state index contributed by atoms with van der Waals surface area (Å²) in [5.74, 6) is -0.256. The quantitative estimate of drug-likeness (QED) is 0.698. The van der Waals surface area contributed by atoms with Gasteiger partial charge in [-0.2, -0.15) is 0 Å². The van der Waals surface area contributed by atoms with Gasteiger partial charge >= 0.3 is 5.97 Å². The maximum atomic E-state index is 13.5. The monoisotopic (exact) mass is 406 g/mol. The lowest BCUT2D eigenvalue weighted by molar-refractivity contribution is -0.181. The number of ether oxygens (including phenoxy) is 1. The molecule has 0 aromatic rings. The largest absolute Gasteiger partial charge is 0.458 e. The minimum absolute atomic E-state index is 0.0438. The van der Waals surface area contributed by atoms with E-state index in [0.717, 1.165) is 38.5 Å². The van der Waals surface area contributed by atoms with Gasteiger partial charge in [-0.15, -0.1) is 0 Å². The van der Waals surface area contributed by atoms with E-state index < -0.39 is 29.4 Å². The molecule has 0 spiro atoms. The summed E-state index contributed by atoms with van der Waals surface area (Å²) in [5.41, 5.74) is -2.52. The van der Waals surface area contributed by atoms with E-state index in [1.54, 1.807) is 0 Å². The normalized spacial score (nSPS) is 49.0. The molecule has 0 aromatic heterocycles. The molecule has 4 fully saturated rings. The molecule has 0 amide bonds. The molecule has 29 heavy (non-hydrogen) atoms. The van der Waals surface area contributed by atoms with Crippen LogP contribution in [0.15, 0.2) is 0 Å². The van der Waals surface area contributed by atoms with E-state index in [9.17, 15) is 24.6 Å². The number of esters is 1. The van der Waals surface area contributed by atoms with Crippen molar-refractivity contribution >= 4 is 17.5 Å². The van der Waals surface area contributed by atoms with E-state index in [0.29, 0.717) is 12.3 Å². The summed E-state index contributed by atoms with van der Waals surface area (Å²) in [7, 11) is 0. The predicted octanol–water partition coefficient (Wildman–Crippen LogP) is 2.43. The van der Waals surface area contributed by atoms with E-state index >= 15 is 0 Å². The maximum Gasteiger partial charge on any atom is 0.303 e. The van der Waals surface area contributed by atoms with Gasteiger partial charge in [0.05, 0.1) is 6.10 Å². The number of rotatable bonds is 3. The zero-order valence-electron chi connectivity index (χ0n) is 17.8. The Hall–Kier alpha value is -1.27. The topological polar surface area (TPSA) is 101 Å². The number of ketones is 2. The average Bonchev–Trinajstić information content (AvgIpc) is 2.91. The van der Waals surface area contributed by atoms with Crippen molar-refractivity contribution in [2.75, 3.05) is 6.61 Å². The van der Waals surface area contributed by atoms with Crippen LogP contribution < -0.4 is 0 Å². The molecule has 0 radical (unpaired) electrons. The van der Waals surface area contributed by atoms with E-state index in [1.807, 2.05) is 6.92 Å². The Kier molecular flexibility index (Phi) is 4.97. The Labute approximate surface area is 172 Å². The van der Waals surface area contributed by atoms with Crippen LogP contribution >= 0.6 is 0 Å². The van der Waals surface area contributed by atoms with Gasteiger partial charge in [-0.1, -0.05) is 13.8 Å². The van der Waals surface area contributed by atoms with Gasteiger partial charge in [0.15, 0.2) is 6.61 Å². The van der Waals surface area contributed by atoms with Crippen molar-refractivity contribution in [1.82, 2.24) is 0 Å². The second-order valence-electron chi connectivity index (χ2n) is 10.6. The molecule has 0 aliphatic heterocycles. The van der Waals surface area contributed by atoms with Crippen LogP contribution in [-0.2, 0) is 19.1 Å². The van der Waals surface area contributed by atoms with Crippen molar-refractivity contribution in [2.45, 2.75) is 83.8 Å². The molecule has 0 saturated heterocycles. The lowest BCUT2D eigenvalue weighted by Crippen LogP contribution is -2.62. The van der Waals surface area contributed by atoms with Crippen LogP contribution in [0.25, 0.3) is 0 Å². The number of aliphatic hydroxyl groups excluding tert-OH is 1. The molecule has 162 valence electrons. The number of fused-ring (bicyclic) bond motifs is 5. The van der Waals surface area contributed by atoms with Gasteiger partial charge in [0.1, 0.15) is 11.4 Å². The Bertz CT molecular complexity index is 733. The van der Waals surface area contributed by atoms with Gasteiger partial charge in [0, 0.05) is 24.7 Å². The number of carbonyl (C=O) groups is 3. The second-order valence-corrected chi connectivity index (χ2v) is 10.6. The summed E-state index contributed by atoms with van der Waals surface area (Å²) < 4.78 is 4.88. The highest BCUT2D eigenvalue weighted by Crippen LogP contribution is 2.67. The Morgan fingerprint density at radius 1 is 1.14 bits per heavy atom. The Morgan fingerprint density at radius 2 is 1.86 bits per heavy atom. The number of hydrogen-bond donors (Lipinski definition) is 2. The molecular formula is C23H34O6. The van der Waals surface area contributed by atoms with Crippen LogP contribution in [0.3, 0.4) is 0 Å². The molecule has 4 saturated carbocycles. The van der Waals surface area contributed by atoms with Crippen LogP contribution in [0, 0.1) is 34.5 Å². The number of aliphatic hydroxyl groups is 2. The third-order valence-corrected chi connectivity index (χ3v) is 9.35. The zero-order chi connectivity index (χ0) is 21.2. The minimum atomic E-state index is -1.62. The van der Waals surface area contributed by atoms with Gasteiger partial charge in [-0.25, -0.2) is 0 Å². The van der Waals surface area contributed by atoms with E-state index in [-0.39, 0.29) is 41.5 Å². The first kappa shape index (κ1) is 21.0. The SMILES string of the molecule is CC(=O)OCC(=O)[C@]1(O)CC[C@H]2[C@@H]3CC[C@H]4C[C@H](O)CC[C@]4(C)[C@H]3C(=O)C[C@@]21C. The van der Waals surface area contributed by atoms with Gasteiger partial charge in [0.25, 0.3) is 0 Å². The second kappa shape index (κ2) is 6.88. The molecule has 4 aliphatic carbocycles. The van der Waals surface area contributed by atoms with Crippen LogP contribution in [-0.4, -0.2) is 46.1 Å². The molecule has 0 bridgehead atoms. The Balaban J connectivity index is 1.63. The molecule has 8 atom stereocenters. The fraction of sp³-hybridized carbons (Fsp3) is 0.870. The fourth-order valence-electron chi connectivity index (χ4n) is 7.80. The summed E-state index contributed by atoms with van der Waals surface area (Å²) >= 11 is 0. The highest BCUT2D eigenvalue weighted by atomic mass is 16.5. The first-order valence-corrected chi connectivity index (χ1v) is 11.1. The molecule has 4 rings (SSSR count). The lowest BCUT2D eigenvalue weighted by Gasteiger charge is -2.60. The van der Waals surface area contributed by atoms with Crippen molar-refractivity contribution in [3.8, 4) is 0 Å². The molecular weight excluding hydrogens is 372 g/mol. The van der Waals surface area contributed by atoms with Gasteiger partial charge < -0.3 is 14.9 Å². The first-order valence-electron chi connectivity index (χ1n) is 11.1. The third kappa shape index (κ3) is 2.93. The average molecular weight is 407 g/mol. The van der Waals surface area contributed by atoms with Gasteiger partial charge in [-0.3, -0.25) is 14.4 Å². The highest BCUT2D eigenvalue weighted by molar-refractivity contribution is 5.93. The van der Waals surface area contributed by atoms with Crippen molar-refractivity contribution < 1.29 is 29.3 Å². The summed E-state index contributed by atoms with van der Waals surface area (Å²) in [4.78, 5) is 37.5. The van der Waals surface area contributed by atoms with Crippen LogP contribution in [0.1, 0.15) is 72.1 Å².